The first-order chi connectivity index (χ1) is 24.0. The van der Waals surface area contributed by atoms with E-state index in [1.807, 2.05) is 0 Å². The van der Waals surface area contributed by atoms with Crippen LogP contribution >= 0.6 is 0 Å². The largest absolute Gasteiger partial charge is 0.458 e. The normalized spacial score (nSPS) is 20.8. The molecule has 0 amide bonds. The molecule has 0 atom stereocenters. The van der Waals surface area contributed by atoms with Crippen molar-refractivity contribution in [2.45, 2.75) is 103 Å². The standard InChI is InChI=1S/C46H48BNO2Si/c1-43(2)25-45(5,6)30-23-36-32(21-28(30)43)47-33-22-29-31(46(7,8)26-44(29,3)4)24-37(33)50-39-20-27(19-38(49-36)42(39)47)48-34-15-11-13-17-40(34)51(9,10)41-18-14-12-16-35(41)48/h11-24H,25-26H2,1-10H3. The van der Waals surface area contributed by atoms with Gasteiger partial charge in [0.2, 0.25) is 0 Å². The molecule has 0 radical (unpaired) electrons. The molecule has 0 saturated carbocycles. The highest BCUT2D eigenvalue weighted by Crippen LogP contribution is 2.53. The SMILES string of the molecule is CC1(C)CC(C)(C)c2cc3c(cc21)Oc1cc(N2c4ccccc4[Si](C)(C)c4ccccc42)cc2c1B3c1cc3c(cc1O2)C(C)(C)CC3(C)C. The molecule has 5 aromatic rings. The Morgan fingerprint density at radius 3 is 1.35 bits per heavy atom. The van der Waals surface area contributed by atoms with Gasteiger partial charge < -0.3 is 14.4 Å². The number of ether oxygens (including phenoxy) is 2. The summed E-state index contributed by atoms with van der Waals surface area (Å²) >= 11 is 0. The molecule has 5 heteroatoms. The number of benzene rings is 5. The van der Waals surface area contributed by atoms with Crippen molar-refractivity contribution in [3.05, 3.63) is 107 Å². The zero-order chi connectivity index (χ0) is 35.6. The number of nitrogens with zero attached hydrogens (tertiary/aromatic N) is 1. The first-order valence-corrected chi connectivity index (χ1v) is 21.9. The van der Waals surface area contributed by atoms with E-state index >= 15 is 0 Å². The Hall–Kier alpha value is -4.22. The van der Waals surface area contributed by atoms with Gasteiger partial charge in [-0.15, -0.1) is 0 Å². The number of para-hydroxylation sites is 2. The van der Waals surface area contributed by atoms with Crippen molar-refractivity contribution in [1.29, 1.82) is 0 Å². The molecule has 0 N–H and O–H groups in total. The van der Waals surface area contributed by atoms with Gasteiger partial charge in [0.1, 0.15) is 31.1 Å². The first-order valence-electron chi connectivity index (χ1n) is 18.9. The fourth-order valence-electron chi connectivity index (χ4n) is 11.5. The van der Waals surface area contributed by atoms with Gasteiger partial charge in [0, 0.05) is 29.0 Å². The number of rotatable bonds is 1. The minimum absolute atomic E-state index is 0.0263. The van der Waals surface area contributed by atoms with Gasteiger partial charge in [-0.1, -0.05) is 117 Å². The summed E-state index contributed by atoms with van der Waals surface area (Å²) in [7, 11) is -1.93. The molecule has 2 aliphatic carbocycles. The van der Waals surface area contributed by atoms with E-state index in [1.54, 1.807) is 0 Å². The van der Waals surface area contributed by atoms with E-state index in [0.29, 0.717) is 0 Å². The lowest BCUT2D eigenvalue weighted by atomic mass is 9.34. The van der Waals surface area contributed by atoms with Crippen molar-refractivity contribution < 1.29 is 9.47 Å². The summed E-state index contributed by atoms with van der Waals surface area (Å²) in [5, 5.41) is 2.90. The maximum Gasteiger partial charge on any atom is 0.260 e. The fourth-order valence-corrected chi connectivity index (χ4v) is 14.5. The third-order valence-electron chi connectivity index (χ3n) is 13.3. The molecular formula is C46H48BNO2Si. The second kappa shape index (κ2) is 9.60. The van der Waals surface area contributed by atoms with Crippen LogP contribution in [0.25, 0.3) is 0 Å². The van der Waals surface area contributed by atoms with Gasteiger partial charge in [0.15, 0.2) is 0 Å². The lowest BCUT2D eigenvalue weighted by molar-refractivity contribution is 0.402. The van der Waals surface area contributed by atoms with E-state index in [1.165, 1.54) is 54.9 Å². The highest BCUT2D eigenvalue weighted by Gasteiger charge is 2.49. The fraction of sp³-hybridized carbons (Fsp3) is 0.348. The monoisotopic (exact) mass is 685 g/mol. The maximum atomic E-state index is 7.14. The Balaban J connectivity index is 1.24. The van der Waals surface area contributed by atoms with Gasteiger partial charge in [-0.05, 0) is 102 Å². The van der Waals surface area contributed by atoms with Gasteiger partial charge in [-0.2, -0.15) is 0 Å². The molecule has 0 spiro atoms. The van der Waals surface area contributed by atoms with Crippen molar-refractivity contribution in [3.8, 4) is 23.0 Å². The molecule has 10 rings (SSSR count). The van der Waals surface area contributed by atoms with Crippen LogP contribution in [0.5, 0.6) is 23.0 Å². The van der Waals surface area contributed by atoms with Crippen LogP contribution < -0.4 is 41.1 Å². The van der Waals surface area contributed by atoms with Crippen molar-refractivity contribution in [2.75, 3.05) is 4.90 Å². The summed E-state index contributed by atoms with van der Waals surface area (Å²) in [4.78, 5) is 2.45. The van der Waals surface area contributed by atoms with Crippen LogP contribution in [0.1, 0.15) is 90.5 Å². The van der Waals surface area contributed by atoms with E-state index in [-0.39, 0.29) is 28.4 Å². The molecule has 51 heavy (non-hydrogen) atoms. The van der Waals surface area contributed by atoms with Gasteiger partial charge in [0.25, 0.3) is 6.71 Å². The van der Waals surface area contributed by atoms with Crippen molar-refractivity contribution >= 4 is 58.6 Å². The number of hydrogen-bond acceptors (Lipinski definition) is 3. The average Bonchev–Trinajstić information content (AvgIpc) is 3.36. The summed E-state index contributed by atoms with van der Waals surface area (Å²) in [5.41, 5.74) is 13.4. The van der Waals surface area contributed by atoms with Crippen molar-refractivity contribution in [3.63, 3.8) is 0 Å². The molecule has 0 unspecified atom stereocenters. The van der Waals surface area contributed by atoms with Gasteiger partial charge >= 0.3 is 0 Å². The number of hydrogen-bond donors (Lipinski definition) is 0. The summed E-state index contributed by atoms with van der Waals surface area (Å²) in [6, 6.07) is 32.4. The van der Waals surface area contributed by atoms with Crippen LogP contribution in [0.2, 0.25) is 13.1 Å². The van der Waals surface area contributed by atoms with Gasteiger partial charge in [-0.3, -0.25) is 0 Å². The van der Waals surface area contributed by atoms with Crippen LogP contribution in [0.15, 0.2) is 84.9 Å². The van der Waals surface area contributed by atoms with Crippen molar-refractivity contribution in [2.24, 2.45) is 0 Å². The third-order valence-corrected chi connectivity index (χ3v) is 16.9. The minimum Gasteiger partial charge on any atom is -0.458 e. The smallest absolute Gasteiger partial charge is 0.260 e. The second-order valence-corrected chi connectivity index (χ2v) is 23.6. The Labute approximate surface area is 305 Å². The molecule has 0 saturated heterocycles. The highest BCUT2D eigenvalue weighted by atomic mass is 28.3. The zero-order valence-electron chi connectivity index (χ0n) is 31.8. The maximum absolute atomic E-state index is 7.14. The van der Waals surface area contributed by atoms with Crippen LogP contribution in [0, 0.1) is 0 Å². The number of fused-ring (bicyclic) bond motifs is 8. The molecular weight excluding hydrogens is 637 g/mol. The van der Waals surface area contributed by atoms with E-state index in [0.717, 1.165) is 47.0 Å². The molecule has 3 aliphatic heterocycles. The van der Waals surface area contributed by atoms with Gasteiger partial charge in [-0.25, -0.2) is 0 Å². The topological polar surface area (TPSA) is 21.7 Å². The molecule has 0 bridgehead atoms. The van der Waals surface area contributed by atoms with Gasteiger partial charge in [0.05, 0.1) is 5.69 Å². The molecule has 5 aromatic carbocycles. The van der Waals surface area contributed by atoms with E-state index in [4.69, 9.17) is 9.47 Å². The van der Waals surface area contributed by atoms with Crippen LogP contribution in [0.3, 0.4) is 0 Å². The number of anilines is 3. The predicted molar refractivity (Wildman–Crippen MR) is 217 cm³/mol. The van der Waals surface area contributed by atoms with E-state index in [9.17, 15) is 0 Å². The summed E-state index contributed by atoms with van der Waals surface area (Å²) in [6.45, 7) is 24.2. The minimum atomic E-state index is -1.93. The van der Waals surface area contributed by atoms with E-state index in [2.05, 4.69) is 158 Å². The molecule has 5 aliphatic rings. The lowest BCUT2D eigenvalue weighted by Gasteiger charge is -2.42. The predicted octanol–water partition coefficient (Wildman–Crippen LogP) is 8.94. The first kappa shape index (κ1) is 31.5. The molecule has 0 fully saturated rings. The Morgan fingerprint density at radius 1 is 0.529 bits per heavy atom. The Bertz CT molecular complexity index is 2230. The lowest BCUT2D eigenvalue weighted by Crippen LogP contribution is -2.59. The molecule has 3 heterocycles. The van der Waals surface area contributed by atoms with Crippen LogP contribution in [-0.4, -0.2) is 14.8 Å². The molecule has 3 nitrogen and oxygen atoms in total. The average molecular weight is 686 g/mol. The van der Waals surface area contributed by atoms with Crippen molar-refractivity contribution in [1.82, 2.24) is 0 Å². The summed E-state index contributed by atoms with van der Waals surface area (Å²) in [5.74, 6) is 3.78. The highest BCUT2D eigenvalue weighted by molar-refractivity contribution is 7.02. The Morgan fingerprint density at radius 2 is 0.922 bits per heavy atom. The van der Waals surface area contributed by atoms with E-state index < -0.39 is 8.07 Å². The van der Waals surface area contributed by atoms with Crippen LogP contribution in [0.4, 0.5) is 17.1 Å². The quantitative estimate of drug-likeness (QED) is 0.161. The summed E-state index contributed by atoms with van der Waals surface area (Å²) in [6.07, 6.45) is 2.24. The summed E-state index contributed by atoms with van der Waals surface area (Å²) < 4.78 is 14.3. The second-order valence-electron chi connectivity index (χ2n) is 19.2. The molecule has 256 valence electrons. The Kier molecular flexibility index (Phi) is 5.93. The zero-order valence-corrected chi connectivity index (χ0v) is 32.8. The third kappa shape index (κ3) is 4.13. The van der Waals surface area contributed by atoms with Crippen LogP contribution in [-0.2, 0) is 21.7 Å². The molecule has 0 aromatic heterocycles.